The number of H-pyrrole nitrogens is 1. The maximum absolute atomic E-state index is 9.29. The number of aromatic amines is 1. The van der Waals surface area contributed by atoms with Crippen LogP contribution < -0.4 is 0 Å². The second-order valence-corrected chi connectivity index (χ2v) is 3.78. The number of aromatic hydroxyl groups is 1. The molecule has 1 aromatic heterocycles. The van der Waals surface area contributed by atoms with Crippen molar-refractivity contribution in [2.75, 3.05) is 14.1 Å². The minimum atomic E-state index is 0.302. The zero-order chi connectivity index (χ0) is 10.1. The van der Waals surface area contributed by atoms with Gasteiger partial charge in [-0.2, -0.15) is 0 Å². The lowest BCUT2D eigenvalue weighted by atomic mass is 10.1. The molecule has 0 bridgehead atoms. The third kappa shape index (κ3) is 1.59. The van der Waals surface area contributed by atoms with Crippen molar-refractivity contribution in [3.63, 3.8) is 0 Å². The van der Waals surface area contributed by atoms with Crippen molar-refractivity contribution in [2.24, 2.45) is 0 Å². The summed E-state index contributed by atoms with van der Waals surface area (Å²) >= 11 is 0. The van der Waals surface area contributed by atoms with Gasteiger partial charge in [-0.05, 0) is 31.8 Å². The zero-order valence-corrected chi connectivity index (χ0v) is 8.41. The fourth-order valence-corrected chi connectivity index (χ4v) is 1.65. The van der Waals surface area contributed by atoms with Gasteiger partial charge in [-0.25, -0.2) is 0 Å². The summed E-state index contributed by atoms with van der Waals surface area (Å²) in [5.74, 6) is 0.302. The first-order valence-electron chi connectivity index (χ1n) is 4.60. The first-order chi connectivity index (χ1) is 6.66. The Balaban J connectivity index is 2.47. The lowest BCUT2D eigenvalue weighted by Gasteiger charge is -2.07. The third-order valence-electron chi connectivity index (χ3n) is 2.24. The molecule has 14 heavy (non-hydrogen) atoms. The molecule has 0 radical (unpaired) electrons. The number of nitrogens with zero attached hydrogens (tertiary/aromatic N) is 1. The minimum Gasteiger partial charge on any atom is -0.508 e. The van der Waals surface area contributed by atoms with Gasteiger partial charge in [0.05, 0.1) is 0 Å². The molecule has 3 nitrogen and oxygen atoms in total. The Bertz CT molecular complexity index is 445. The quantitative estimate of drug-likeness (QED) is 0.759. The van der Waals surface area contributed by atoms with Gasteiger partial charge in [0.2, 0.25) is 0 Å². The van der Waals surface area contributed by atoms with Crippen LogP contribution in [0.3, 0.4) is 0 Å². The van der Waals surface area contributed by atoms with Crippen LogP contribution in [0.1, 0.15) is 5.56 Å². The summed E-state index contributed by atoms with van der Waals surface area (Å²) in [6.45, 7) is 0.908. The fourth-order valence-electron chi connectivity index (χ4n) is 1.65. The van der Waals surface area contributed by atoms with E-state index in [4.69, 9.17) is 0 Å². The van der Waals surface area contributed by atoms with Gasteiger partial charge >= 0.3 is 0 Å². The normalized spacial score (nSPS) is 11.4. The maximum Gasteiger partial charge on any atom is 0.117 e. The number of phenolic OH excluding ortho intramolecular Hbond substituents is 1. The van der Waals surface area contributed by atoms with Crippen LogP contribution in [0.5, 0.6) is 5.75 Å². The molecule has 2 rings (SSSR count). The van der Waals surface area contributed by atoms with Crippen molar-refractivity contribution >= 4 is 10.9 Å². The van der Waals surface area contributed by atoms with E-state index in [9.17, 15) is 5.11 Å². The molecule has 0 aliphatic carbocycles. The van der Waals surface area contributed by atoms with Crippen LogP contribution in [0.15, 0.2) is 24.4 Å². The highest BCUT2D eigenvalue weighted by Crippen LogP contribution is 2.22. The van der Waals surface area contributed by atoms with Gasteiger partial charge in [-0.3, -0.25) is 0 Å². The molecule has 2 aromatic rings. The van der Waals surface area contributed by atoms with E-state index >= 15 is 0 Å². The second-order valence-electron chi connectivity index (χ2n) is 3.78. The summed E-state index contributed by atoms with van der Waals surface area (Å²) in [6.07, 6.45) is 1.99. The Morgan fingerprint density at radius 1 is 1.36 bits per heavy atom. The zero-order valence-electron chi connectivity index (χ0n) is 8.41. The number of benzene rings is 1. The monoisotopic (exact) mass is 190 g/mol. The van der Waals surface area contributed by atoms with Gasteiger partial charge in [0, 0.05) is 29.7 Å². The summed E-state index contributed by atoms with van der Waals surface area (Å²) in [5.41, 5.74) is 2.24. The number of nitrogens with one attached hydrogen (secondary N) is 1. The number of aromatic nitrogens is 1. The molecule has 0 spiro atoms. The van der Waals surface area contributed by atoms with Crippen LogP contribution in [0.4, 0.5) is 0 Å². The molecule has 0 fully saturated rings. The molecular formula is C11H14N2O. The number of hydrogen-bond donors (Lipinski definition) is 2. The van der Waals surface area contributed by atoms with E-state index in [2.05, 4.69) is 9.88 Å². The Hall–Kier alpha value is -1.48. The van der Waals surface area contributed by atoms with E-state index in [1.165, 1.54) is 10.9 Å². The van der Waals surface area contributed by atoms with Crippen molar-refractivity contribution in [1.29, 1.82) is 0 Å². The van der Waals surface area contributed by atoms with Crippen molar-refractivity contribution in [3.8, 4) is 5.75 Å². The van der Waals surface area contributed by atoms with Crippen molar-refractivity contribution in [2.45, 2.75) is 6.54 Å². The van der Waals surface area contributed by atoms with Gasteiger partial charge < -0.3 is 15.0 Å². The SMILES string of the molecule is CN(C)Cc1c[nH]c2cc(O)ccc12. The number of phenols is 1. The van der Waals surface area contributed by atoms with E-state index in [-0.39, 0.29) is 0 Å². The molecule has 74 valence electrons. The summed E-state index contributed by atoms with van der Waals surface area (Å²) in [4.78, 5) is 5.27. The number of fused-ring (bicyclic) bond motifs is 1. The van der Waals surface area contributed by atoms with Gasteiger partial charge in [-0.1, -0.05) is 0 Å². The molecule has 0 atom stereocenters. The summed E-state index contributed by atoms with van der Waals surface area (Å²) in [6, 6.07) is 5.41. The van der Waals surface area contributed by atoms with Crippen molar-refractivity contribution in [3.05, 3.63) is 30.0 Å². The summed E-state index contributed by atoms with van der Waals surface area (Å²) in [5, 5.41) is 10.5. The average molecular weight is 190 g/mol. The van der Waals surface area contributed by atoms with Crippen LogP contribution in [0.25, 0.3) is 10.9 Å². The smallest absolute Gasteiger partial charge is 0.117 e. The maximum atomic E-state index is 9.29. The molecule has 0 unspecified atom stereocenters. The molecule has 0 saturated heterocycles. The molecule has 0 aliphatic heterocycles. The largest absolute Gasteiger partial charge is 0.508 e. The number of rotatable bonds is 2. The summed E-state index contributed by atoms with van der Waals surface area (Å²) in [7, 11) is 4.08. The van der Waals surface area contributed by atoms with Crippen LogP contribution in [0.2, 0.25) is 0 Å². The average Bonchev–Trinajstić information content (AvgIpc) is 2.47. The van der Waals surface area contributed by atoms with Crippen molar-refractivity contribution in [1.82, 2.24) is 9.88 Å². The van der Waals surface area contributed by atoms with Gasteiger partial charge in [-0.15, -0.1) is 0 Å². The highest BCUT2D eigenvalue weighted by atomic mass is 16.3. The summed E-state index contributed by atoms with van der Waals surface area (Å²) < 4.78 is 0. The molecule has 2 N–H and O–H groups in total. The predicted octanol–water partition coefficient (Wildman–Crippen LogP) is 1.94. The topological polar surface area (TPSA) is 39.3 Å². The van der Waals surface area contributed by atoms with E-state index < -0.39 is 0 Å². The minimum absolute atomic E-state index is 0.302. The third-order valence-corrected chi connectivity index (χ3v) is 2.24. The molecule has 0 aliphatic rings. The van der Waals surface area contributed by atoms with Crippen LogP contribution in [0, 0.1) is 0 Å². The number of hydrogen-bond acceptors (Lipinski definition) is 2. The molecule has 1 aromatic carbocycles. The Morgan fingerprint density at radius 3 is 2.86 bits per heavy atom. The van der Waals surface area contributed by atoms with Gasteiger partial charge in [0.1, 0.15) is 5.75 Å². The lowest BCUT2D eigenvalue weighted by Crippen LogP contribution is -2.09. The molecule has 0 saturated carbocycles. The first kappa shape index (κ1) is 9.09. The van der Waals surface area contributed by atoms with Gasteiger partial charge in [0.25, 0.3) is 0 Å². The Kier molecular flexibility index (Phi) is 2.17. The van der Waals surface area contributed by atoms with Crippen LogP contribution in [-0.4, -0.2) is 29.1 Å². The lowest BCUT2D eigenvalue weighted by molar-refractivity contribution is 0.404. The predicted molar refractivity (Wildman–Crippen MR) is 57.4 cm³/mol. The van der Waals surface area contributed by atoms with Gasteiger partial charge in [0.15, 0.2) is 0 Å². The first-order valence-corrected chi connectivity index (χ1v) is 4.60. The standard InChI is InChI=1S/C11H14N2O/c1-13(2)7-8-6-12-11-5-9(14)3-4-10(8)11/h3-6,12,14H,7H2,1-2H3. The molecule has 3 heteroatoms. The van der Waals surface area contributed by atoms with E-state index in [1.807, 2.05) is 26.4 Å². The van der Waals surface area contributed by atoms with E-state index in [0.29, 0.717) is 5.75 Å². The molecule has 1 heterocycles. The molecule has 0 amide bonds. The van der Waals surface area contributed by atoms with Crippen LogP contribution in [-0.2, 0) is 6.54 Å². The van der Waals surface area contributed by atoms with E-state index in [1.54, 1.807) is 12.1 Å². The highest BCUT2D eigenvalue weighted by molar-refractivity contribution is 5.84. The van der Waals surface area contributed by atoms with Crippen LogP contribution >= 0.6 is 0 Å². The Labute approximate surface area is 83.0 Å². The fraction of sp³-hybridized carbons (Fsp3) is 0.273. The molecular weight excluding hydrogens is 176 g/mol. The second kappa shape index (κ2) is 3.35. The Morgan fingerprint density at radius 2 is 2.14 bits per heavy atom. The van der Waals surface area contributed by atoms with E-state index in [0.717, 1.165) is 12.1 Å². The van der Waals surface area contributed by atoms with Crippen molar-refractivity contribution < 1.29 is 5.11 Å². The highest BCUT2D eigenvalue weighted by Gasteiger charge is 2.04.